The smallest absolute Gasteiger partial charge is 0.437 e. The van der Waals surface area contributed by atoms with Crippen molar-refractivity contribution < 1.29 is 17.9 Å². The molecule has 0 amide bonds. The van der Waals surface area contributed by atoms with E-state index in [9.17, 15) is 13.2 Å². The molecule has 0 saturated carbocycles. The van der Waals surface area contributed by atoms with Crippen LogP contribution in [0.4, 0.5) is 13.2 Å². The standard InChI is InChI=1S/C8H9F3N2O/c9-8(10,11)7-6(14-5-3-12)2-1-4-13-7/h1-2,4H,3,5,12H2. The summed E-state index contributed by atoms with van der Waals surface area (Å²) in [6.07, 6.45) is -3.43. The Morgan fingerprint density at radius 2 is 2.14 bits per heavy atom. The molecule has 3 nitrogen and oxygen atoms in total. The van der Waals surface area contributed by atoms with E-state index in [1.165, 1.54) is 12.1 Å². The highest BCUT2D eigenvalue weighted by molar-refractivity contribution is 5.29. The summed E-state index contributed by atoms with van der Waals surface area (Å²) in [5, 5.41) is 0. The van der Waals surface area contributed by atoms with Crippen LogP contribution >= 0.6 is 0 Å². The fraction of sp³-hybridized carbons (Fsp3) is 0.375. The molecule has 2 N–H and O–H groups in total. The number of pyridine rings is 1. The van der Waals surface area contributed by atoms with Gasteiger partial charge in [-0.05, 0) is 12.1 Å². The van der Waals surface area contributed by atoms with E-state index in [-0.39, 0.29) is 18.9 Å². The third-order valence-electron chi connectivity index (χ3n) is 1.41. The zero-order valence-electron chi connectivity index (χ0n) is 7.21. The number of hydrogen-bond donors (Lipinski definition) is 1. The van der Waals surface area contributed by atoms with Gasteiger partial charge in [0.05, 0.1) is 0 Å². The number of hydrogen-bond acceptors (Lipinski definition) is 3. The summed E-state index contributed by atoms with van der Waals surface area (Å²) in [5.41, 5.74) is 4.09. The maximum Gasteiger partial charge on any atom is 0.437 e. The van der Waals surface area contributed by atoms with Crippen LogP contribution in [0.3, 0.4) is 0 Å². The highest BCUT2D eigenvalue weighted by Gasteiger charge is 2.36. The molecule has 0 aliphatic heterocycles. The van der Waals surface area contributed by atoms with Gasteiger partial charge in [0.1, 0.15) is 12.4 Å². The molecule has 1 rings (SSSR count). The Hall–Kier alpha value is -1.30. The van der Waals surface area contributed by atoms with Crippen molar-refractivity contribution in [3.8, 4) is 5.75 Å². The molecule has 1 aromatic rings. The quantitative estimate of drug-likeness (QED) is 0.813. The van der Waals surface area contributed by atoms with E-state index in [1.54, 1.807) is 0 Å². The average Bonchev–Trinajstić information content (AvgIpc) is 2.14. The Morgan fingerprint density at radius 1 is 1.43 bits per heavy atom. The zero-order valence-corrected chi connectivity index (χ0v) is 7.21. The lowest BCUT2D eigenvalue weighted by molar-refractivity contribution is -0.142. The van der Waals surface area contributed by atoms with Crippen LogP contribution in [0.5, 0.6) is 5.75 Å². The number of ether oxygens (including phenoxy) is 1. The first kappa shape index (κ1) is 10.8. The van der Waals surface area contributed by atoms with Gasteiger partial charge in [-0.1, -0.05) is 0 Å². The number of nitrogens with zero attached hydrogens (tertiary/aromatic N) is 1. The minimum absolute atomic E-state index is 0.0365. The van der Waals surface area contributed by atoms with Crippen molar-refractivity contribution >= 4 is 0 Å². The van der Waals surface area contributed by atoms with Crippen LogP contribution in [0.25, 0.3) is 0 Å². The van der Waals surface area contributed by atoms with E-state index in [0.717, 1.165) is 6.20 Å². The van der Waals surface area contributed by atoms with Crippen LogP contribution in [0, 0.1) is 0 Å². The van der Waals surface area contributed by atoms with E-state index in [4.69, 9.17) is 10.5 Å². The normalized spacial score (nSPS) is 11.4. The predicted molar refractivity (Wildman–Crippen MR) is 43.8 cm³/mol. The lowest BCUT2D eigenvalue weighted by Crippen LogP contribution is -2.15. The first-order valence-corrected chi connectivity index (χ1v) is 3.91. The molecule has 1 aromatic heterocycles. The minimum atomic E-state index is -4.49. The van der Waals surface area contributed by atoms with Gasteiger partial charge in [0.15, 0.2) is 5.69 Å². The van der Waals surface area contributed by atoms with Crippen molar-refractivity contribution in [2.75, 3.05) is 13.2 Å². The fourth-order valence-corrected chi connectivity index (χ4v) is 0.889. The maximum absolute atomic E-state index is 12.3. The summed E-state index contributed by atoms with van der Waals surface area (Å²) in [7, 11) is 0. The topological polar surface area (TPSA) is 48.1 Å². The molecule has 78 valence electrons. The van der Waals surface area contributed by atoms with Crippen LogP contribution < -0.4 is 10.5 Å². The van der Waals surface area contributed by atoms with Crippen molar-refractivity contribution in [1.82, 2.24) is 4.98 Å². The zero-order chi connectivity index (χ0) is 10.6. The van der Waals surface area contributed by atoms with Crippen LogP contribution in [0.2, 0.25) is 0 Å². The molecule has 0 saturated heterocycles. The minimum Gasteiger partial charge on any atom is -0.490 e. The molecule has 14 heavy (non-hydrogen) atoms. The van der Waals surface area contributed by atoms with Gasteiger partial charge in [0, 0.05) is 12.7 Å². The lowest BCUT2D eigenvalue weighted by Gasteiger charge is -2.11. The van der Waals surface area contributed by atoms with Gasteiger partial charge in [-0.3, -0.25) is 0 Å². The first-order valence-electron chi connectivity index (χ1n) is 3.91. The van der Waals surface area contributed by atoms with E-state index in [0.29, 0.717) is 0 Å². The Bertz CT molecular complexity index is 301. The molecule has 0 radical (unpaired) electrons. The third kappa shape index (κ3) is 2.59. The number of nitrogens with two attached hydrogens (primary N) is 1. The van der Waals surface area contributed by atoms with Gasteiger partial charge in [-0.2, -0.15) is 13.2 Å². The Balaban J connectivity index is 2.92. The van der Waals surface area contributed by atoms with Crippen molar-refractivity contribution in [2.24, 2.45) is 5.73 Å². The highest BCUT2D eigenvalue weighted by atomic mass is 19.4. The van der Waals surface area contributed by atoms with Crippen molar-refractivity contribution in [3.05, 3.63) is 24.0 Å². The first-order chi connectivity index (χ1) is 6.55. The number of rotatable bonds is 3. The second-order valence-electron chi connectivity index (χ2n) is 2.49. The van der Waals surface area contributed by atoms with Crippen LogP contribution in [-0.2, 0) is 6.18 Å². The van der Waals surface area contributed by atoms with E-state index < -0.39 is 11.9 Å². The molecule has 1 heterocycles. The molecular formula is C8H9F3N2O. The van der Waals surface area contributed by atoms with Gasteiger partial charge in [-0.15, -0.1) is 0 Å². The van der Waals surface area contributed by atoms with Gasteiger partial charge in [0.25, 0.3) is 0 Å². The number of halogens is 3. The largest absolute Gasteiger partial charge is 0.490 e. The molecular weight excluding hydrogens is 197 g/mol. The van der Waals surface area contributed by atoms with Crippen molar-refractivity contribution in [1.29, 1.82) is 0 Å². The monoisotopic (exact) mass is 206 g/mol. The molecule has 0 spiro atoms. The van der Waals surface area contributed by atoms with Crippen molar-refractivity contribution in [3.63, 3.8) is 0 Å². The summed E-state index contributed by atoms with van der Waals surface area (Å²) in [4.78, 5) is 3.21. The van der Waals surface area contributed by atoms with Gasteiger partial charge in [0.2, 0.25) is 0 Å². The molecule has 6 heteroatoms. The molecule has 0 aliphatic rings. The molecule has 0 aliphatic carbocycles. The third-order valence-corrected chi connectivity index (χ3v) is 1.41. The Labute approximate surface area is 78.7 Å². The van der Waals surface area contributed by atoms with Crippen molar-refractivity contribution in [2.45, 2.75) is 6.18 Å². The molecule has 0 aromatic carbocycles. The predicted octanol–water partition coefficient (Wildman–Crippen LogP) is 1.44. The fourth-order valence-electron chi connectivity index (χ4n) is 0.889. The van der Waals surface area contributed by atoms with Gasteiger partial charge in [-0.25, -0.2) is 4.98 Å². The summed E-state index contributed by atoms with van der Waals surface area (Å²) in [6.45, 7) is 0.195. The Morgan fingerprint density at radius 3 is 2.71 bits per heavy atom. The van der Waals surface area contributed by atoms with E-state index >= 15 is 0 Å². The van der Waals surface area contributed by atoms with Crippen LogP contribution in [0.1, 0.15) is 5.69 Å². The second-order valence-corrected chi connectivity index (χ2v) is 2.49. The molecule has 0 atom stereocenters. The van der Waals surface area contributed by atoms with E-state index in [1.807, 2.05) is 0 Å². The lowest BCUT2D eigenvalue weighted by atomic mass is 10.3. The summed E-state index contributed by atoms with van der Waals surface area (Å²) in [6, 6.07) is 2.59. The van der Waals surface area contributed by atoms with E-state index in [2.05, 4.69) is 4.98 Å². The summed E-state index contributed by atoms with van der Waals surface area (Å²) >= 11 is 0. The van der Waals surface area contributed by atoms with Gasteiger partial charge < -0.3 is 10.5 Å². The van der Waals surface area contributed by atoms with Crippen LogP contribution in [-0.4, -0.2) is 18.1 Å². The molecule has 0 unspecified atom stereocenters. The number of aromatic nitrogens is 1. The Kier molecular flexibility index (Phi) is 3.29. The summed E-state index contributed by atoms with van der Waals surface area (Å²) in [5.74, 6) is -0.287. The average molecular weight is 206 g/mol. The summed E-state index contributed by atoms with van der Waals surface area (Å²) < 4.78 is 41.7. The second kappa shape index (κ2) is 4.28. The van der Waals surface area contributed by atoms with Crippen LogP contribution in [0.15, 0.2) is 18.3 Å². The maximum atomic E-state index is 12.3. The number of alkyl halides is 3. The highest BCUT2D eigenvalue weighted by Crippen LogP contribution is 2.33. The molecule has 0 fully saturated rings. The van der Waals surface area contributed by atoms with Gasteiger partial charge >= 0.3 is 6.18 Å². The molecule has 0 bridgehead atoms. The SMILES string of the molecule is NCCOc1cccnc1C(F)(F)F.